The second kappa shape index (κ2) is 6.12. The monoisotopic (exact) mass is 237 g/mol. The number of aryl methyl sites for hydroxylation is 1. The summed E-state index contributed by atoms with van der Waals surface area (Å²) >= 11 is 0. The van der Waals surface area contributed by atoms with Crippen LogP contribution < -0.4 is 5.32 Å². The van der Waals surface area contributed by atoms with Gasteiger partial charge in [-0.15, -0.1) is 0 Å². The van der Waals surface area contributed by atoms with Gasteiger partial charge in [-0.2, -0.15) is 5.10 Å². The van der Waals surface area contributed by atoms with Crippen molar-refractivity contribution in [3.63, 3.8) is 0 Å². The molecule has 2 rings (SSSR count). The van der Waals surface area contributed by atoms with Crippen LogP contribution in [0.1, 0.15) is 32.0 Å². The maximum atomic E-state index is 4.30. The maximum Gasteiger partial charge on any atom is 0.140 e. The lowest BCUT2D eigenvalue weighted by atomic mass is 10.1. The molecule has 1 saturated heterocycles. The molecule has 1 aromatic rings. The fourth-order valence-electron chi connectivity index (χ4n) is 2.43. The van der Waals surface area contributed by atoms with E-state index in [1.165, 1.54) is 19.3 Å². The Kier molecular flexibility index (Phi) is 4.50. The summed E-state index contributed by atoms with van der Waals surface area (Å²) < 4.78 is 1.87. The van der Waals surface area contributed by atoms with Gasteiger partial charge in [0.2, 0.25) is 0 Å². The van der Waals surface area contributed by atoms with E-state index < -0.39 is 0 Å². The van der Waals surface area contributed by atoms with Crippen LogP contribution in [0, 0.1) is 0 Å². The zero-order chi connectivity index (χ0) is 12.1. The van der Waals surface area contributed by atoms with Crippen LogP contribution in [0.3, 0.4) is 0 Å². The van der Waals surface area contributed by atoms with Gasteiger partial charge in [0.1, 0.15) is 12.2 Å². The minimum Gasteiger partial charge on any atom is -0.313 e. The quantitative estimate of drug-likeness (QED) is 0.840. The van der Waals surface area contributed by atoms with Gasteiger partial charge in [-0.05, 0) is 25.9 Å². The highest BCUT2D eigenvalue weighted by Crippen LogP contribution is 2.08. The second-order valence-electron chi connectivity index (χ2n) is 4.83. The first-order valence-electron chi connectivity index (χ1n) is 6.58. The van der Waals surface area contributed by atoms with Crippen molar-refractivity contribution in [2.24, 2.45) is 7.05 Å². The Labute approximate surface area is 103 Å². The van der Waals surface area contributed by atoms with E-state index in [4.69, 9.17) is 0 Å². The lowest BCUT2D eigenvalue weighted by Gasteiger charge is -2.23. The molecule has 1 atom stereocenters. The summed E-state index contributed by atoms with van der Waals surface area (Å²) in [7, 11) is 1.96. The van der Waals surface area contributed by atoms with Gasteiger partial charge in [-0.25, -0.2) is 4.98 Å². The Morgan fingerprint density at radius 2 is 2.41 bits per heavy atom. The second-order valence-corrected chi connectivity index (χ2v) is 4.83. The van der Waals surface area contributed by atoms with E-state index in [1.54, 1.807) is 6.33 Å². The molecule has 17 heavy (non-hydrogen) atoms. The molecule has 0 spiro atoms. The number of hydrogen-bond donors (Lipinski definition) is 1. The SMILES string of the molecule is CCCC1CN(Cc2ncnn2C)CCCN1. The summed E-state index contributed by atoms with van der Waals surface area (Å²) in [5, 5.41) is 7.75. The molecule has 0 aromatic carbocycles. The highest BCUT2D eigenvalue weighted by atomic mass is 15.3. The smallest absolute Gasteiger partial charge is 0.140 e. The van der Waals surface area contributed by atoms with Crippen molar-refractivity contribution in [2.75, 3.05) is 19.6 Å². The fraction of sp³-hybridized carbons (Fsp3) is 0.833. The van der Waals surface area contributed by atoms with E-state index >= 15 is 0 Å². The minimum absolute atomic E-state index is 0.635. The highest BCUT2D eigenvalue weighted by Gasteiger charge is 2.18. The lowest BCUT2D eigenvalue weighted by Crippen LogP contribution is -2.37. The summed E-state index contributed by atoms with van der Waals surface area (Å²) in [6, 6.07) is 0.635. The Morgan fingerprint density at radius 1 is 1.53 bits per heavy atom. The molecule has 1 fully saturated rings. The summed E-state index contributed by atoms with van der Waals surface area (Å²) in [6.07, 6.45) is 5.36. The molecule has 2 heterocycles. The molecule has 5 heteroatoms. The maximum absolute atomic E-state index is 4.30. The van der Waals surface area contributed by atoms with Gasteiger partial charge < -0.3 is 5.32 Å². The molecule has 1 unspecified atom stereocenters. The fourth-order valence-corrected chi connectivity index (χ4v) is 2.43. The largest absolute Gasteiger partial charge is 0.313 e. The first kappa shape index (κ1) is 12.5. The third-order valence-corrected chi connectivity index (χ3v) is 3.37. The highest BCUT2D eigenvalue weighted by molar-refractivity contribution is 4.86. The predicted octanol–water partition coefficient (Wildman–Crippen LogP) is 0.779. The van der Waals surface area contributed by atoms with E-state index in [1.807, 2.05) is 11.7 Å². The van der Waals surface area contributed by atoms with Crippen molar-refractivity contribution in [2.45, 2.75) is 38.8 Å². The van der Waals surface area contributed by atoms with Crippen LogP contribution in [0.15, 0.2) is 6.33 Å². The lowest BCUT2D eigenvalue weighted by molar-refractivity contribution is 0.245. The van der Waals surface area contributed by atoms with Crippen molar-refractivity contribution in [3.8, 4) is 0 Å². The average molecular weight is 237 g/mol. The number of aromatic nitrogens is 3. The number of rotatable bonds is 4. The molecule has 5 nitrogen and oxygen atoms in total. The van der Waals surface area contributed by atoms with Crippen LogP contribution in [0.25, 0.3) is 0 Å². The van der Waals surface area contributed by atoms with E-state index in [0.717, 1.165) is 32.0 Å². The number of nitrogens with one attached hydrogen (secondary N) is 1. The molecule has 0 amide bonds. The Hall–Kier alpha value is -0.940. The van der Waals surface area contributed by atoms with Gasteiger partial charge in [-0.3, -0.25) is 9.58 Å². The predicted molar refractivity (Wildman–Crippen MR) is 67.6 cm³/mol. The summed E-state index contributed by atoms with van der Waals surface area (Å²) in [5.41, 5.74) is 0. The van der Waals surface area contributed by atoms with Gasteiger partial charge >= 0.3 is 0 Å². The molecular weight excluding hydrogens is 214 g/mol. The zero-order valence-corrected chi connectivity index (χ0v) is 10.9. The first-order chi connectivity index (χ1) is 8.29. The molecule has 0 bridgehead atoms. The van der Waals surface area contributed by atoms with Gasteiger partial charge in [0.25, 0.3) is 0 Å². The van der Waals surface area contributed by atoms with Gasteiger partial charge in [0.15, 0.2) is 0 Å². The van der Waals surface area contributed by atoms with Crippen LogP contribution in [0.2, 0.25) is 0 Å². The van der Waals surface area contributed by atoms with Gasteiger partial charge in [0.05, 0.1) is 6.54 Å². The molecule has 1 aromatic heterocycles. The third-order valence-electron chi connectivity index (χ3n) is 3.37. The molecule has 0 radical (unpaired) electrons. The van der Waals surface area contributed by atoms with Crippen molar-refractivity contribution in [1.82, 2.24) is 25.0 Å². The van der Waals surface area contributed by atoms with Crippen molar-refractivity contribution in [3.05, 3.63) is 12.2 Å². The van der Waals surface area contributed by atoms with Crippen LogP contribution in [-0.4, -0.2) is 45.3 Å². The van der Waals surface area contributed by atoms with Gasteiger partial charge in [0, 0.05) is 19.6 Å². The van der Waals surface area contributed by atoms with E-state index in [0.29, 0.717) is 6.04 Å². The Balaban J connectivity index is 1.92. The van der Waals surface area contributed by atoms with Crippen molar-refractivity contribution < 1.29 is 0 Å². The van der Waals surface area contributed by atoms with E-state index in [9.17, 15) is 0 Å². The number of hydrogen-bond acceptors (Lipinski definition) is 4. The van der Waals surface area contributed by atoms with Crippen LogP contribution >= 0.6 is 0 Å². The Bertz CT molecular complexity index is 335. The molecule has 0 saturated carbocycles. The standard InChI is InChI=1S/C12H23N5/c1-3-5-11-8-17(7-4-6-13-11)9-12-14-10-15-16(12)2/h10-11,13H,3-9H2,1-2H3. The summed E-state index contributed by atoms with van der Waals surface area (Å²) in [6.45, 7) is 6.58. The molecular formula is C12H23N5. The van der Waals surface area contributed by atoms with Crippen molar-refractivity contribution >= 4 is 0 Å². The minimum atomic E-state index is 0.635. The molecule has 1 aliphatic heterocycles. The van der Waals surface area contributed by atoms with Crippen LogP contribution in [0.5, 0.6) is 0 Å². The average Bonchev–Trinajstić information content (AvgIpc) is 2.59. The number of nitrogens with zero attached hydrogens (tertiary/aromatic N) is 4. The molecule has 0 aliphatic carbocycles. The summed E-state index contributed by atoms with van der Waals surface area (Å²) in [4.78, 5) is 6.79. The molecule has 1 N–H and O–H groups in total. The molecule has 1 aliphatic rings. The zero-order valence-electron chi connectivity index (χ0n) is 10.9. The van der Waals surface area contributed by atoms with Crippen LogP contribution in [0.4, 0.5) is 0 Å². The Morgan fingerprint density at radius 3 is 3.12 bits per heavy atom. The van der Waals surface area contributed by atoms with E-state index in [-0.39, 0.29) is 0 Å². The van der Waals surface area contributed by atoms with Crippen LogP contribution in [-0.2, 0) is 13.6 Å². The third kappa shape index (κ3) is 3.51. The normalized spacial score (nSPS) is 22.6. The summed E-state index contributed by atoms with van der Waals surface area (Å²) in [5.74, 6) is 1.06. The topological polar surface area (TPSA) is 46.0 Å². The first-order valence-corrected chi connectivity index (χ1v) is 6.58. The van der Waals surface area contributed by atoms with Crippen molar-refractivity contribution in [1.29, 1.82) is 0 Å². The van der Waals surface area contributed by atoms with Gasteiger partial charge in [-0.1, -0.05) is 13.3 Å². The molecule has 96 valence electrons. The van der Waals surface area contributed by atoms with E-state index in [2.05, 4.69) is 27.2 Å².